The summed E-state index contributed by atoms with van der Waals surface area (Å²) in [6.45, 7) is 8.31. The zero-order valence-electron chi connectivity index (χ0n) is 18.8. The van der Waals surface area contributed by atoms with E-state index in [1.165, 1.54) is 0 Å². The Hall–Kier alpha value is -1.80. The fourth-order valence-corrected chi connectivity index (χ4v) is 5.46. The van der Waals surface area contributed by atoms with Crippen molar-refractivity contribution >= 4 is 23.6 Å². The van der Waals surface area contributed by atoms with E-state index in [2.05, 4.69) is 15.3 Å². The summed E-state index contributed by atoms with van der Waals surface area (Å²) in [7, 11) is 1.87. The summed E-state index contributed by atoms with van der Waals surface area (Å²) in [5.41, 5.74) is 2.28. The number of amides is 2. The maximum atomic E-state index is 12.9. The summed E-state index contributed by atoms with van der Waals surface area (Å²) in [6.07, 6.45) is 4.46. The monoisotopic (exact) mass is 451 g/mol. The Balaban J connectivity index is 1.21. The highest BCUT2D eigenvalue weighted by atomic mass is 35.5. The summed E-state index contributed by atoms with van der Waals surface area (Å²) in [5, 5.41) is 8.38. The molecule has 31 heavy (non-hydrogen) atoms. The third-order valence-electron chi connectivity index (χ3n) is 7.38. The van der Waals surface area contributed by atoms with Gasteiger partial charge in [0.1, 0.15) is 5.15 Å². The average Bonchev–Trinajstić information content (AvgIpc) is 3.40. The maximum Gasteiger partial charge on any atom is 0.409 e. The molecule has 172 valence electrons. The fraction of sp³-hybridized carbons (Fsp3) is 0.773. The first-order chi connectivity index (χ1) is 14.8. The van der Waals surface area contributed by atoms with Gasteiger partial charge in [-0.15, -0.1) is 0 Å². The molecule has 4 rings (SSSR count). The minimum absolute atomic E-state index is 0.140. The van der Waals surface area contributed by atoms with Crippen LogP contribution in [0, 0.1) is 18.3 Å². The molecule has 1 unspecified atom stereocenters. The zero-order chi connectivity index (χ0) is 22.2. The lowest BCUT2D eigenvalue weighted by Crippen LogP contribution is -2.47. The van der Waals surface area contributed by atoms with Gasteiger partial charge in [0, 0.05) is 44.2 Å². The van der Waals surface area contributed by atoms with Crippen molar-refractivity contribution in [2.24, 2.45) is 18.4 Å². The van der Waals surface area contributed by atoms with E-state index in [0.29, 0.717) is 19.7 Å². The zero-order valence-corrected chi connectivity index (χ0v) is 19.6. The highest BCUT2D eigenvalue weighted by molar-refractivity contribution is 6.30. The second kappa shape index (κ2) is 8.98. The first-order valence-electron chi connectivity index (χ1n) is 11.5. The van der Waals surface area contributed by atoms with E-state index < -0.39 is 0 Å². The van der Waals surface area contributed by atoms with E-state index in [1.807, 2.05) is 20.9 Å². The molecule has 9 heteroatoms. The lowest BCUT2D eigenvalue weighted by molar-refractivity contribution is -0.124. The lowest BCUT2D eigenvalue weighted by Gasteiger charge is -2.33. The van der Waals surface area contributed by atoms with Gasteiger partial charge >= 0.3 is 6.09 Å². The summed E-state index contributed by atoms with van der Waals surface area (Å²) in [5.74, 6) is 0.343. The second-order valence-corrected chi connectivity index (χ2v) is 9.70. The van der Waals surface area contributed by atoms with Gasteiger partial charge in [-0.05, 0) is 64.5 Å². The van der Waals surface area contributed by atoms with E-state index >= 15 is 0 Å². The molecule has 2 saturated heterocycles. The van der Waals surface area contributed by atoms with Crippen LogP contribution < -0.4 is 5.32 Å². The third-order valence-corrected chi connectivity index (χ3v) is 7.85. The van der Waals surface area contributed by atoms with Crippen LogP contribution in [0.1, 0.15) is 50.3 Å². The van der Waals surface area contributed by atoms with Crippen LogP contribution in [0.5, 0.6) is 0 Å². The van der Waals surface area contributed by atoms with Crippen LogP contribution in [0.2, 0.25) is 5.15 Å². The molecule has 1 N–H and O–H groups in total. The number of rotatable bonds is 5. The van der Waals surface area contributed by atoms with Gasteiger partial charge in [0.05, 0.1) is 12.3 Å². The predicted molar refractivity (Wildman–Crippen MR) is 118 cm³/mol. The number of hydrogen-bond donors (Lipinski definition) is 1. The third kappa shape index (κ3) is 4.70. The van der Waals surface area contributed by atoms with E-state index in [0.717, 1.165) is 68.1 Å². The Morgan fingerprint density at radius 3 is 2.48 bits per heavy atom. The molecule has 1 spiro atoms. The molecule has 2 amide bonds. The number of piperidine rings is 2. The van der Waals surface area contributed by atoms with Gasteiger partial charge in [0.2, 0.25) is 5.91 Å². The van der Waals surface area contributed by atoms with Crippen LogP contribution >= 0.6 is 11.6 Å². The number of carbonyl (C=O) groups is 2. The molecule has 1 saturated carbocycles. The van der Waals surface area contributed by atoms with Crippen molar-refractivity contribution in [1.82, 2.24) is 24.9 Å². The maximum absolute atomic E-state index is 12.9. The molecular weight excluding hydrogens is 418 g/mol. The van der Waals surface area contributed by atoms with Crippen LogP contribution in [0.4, 0.5) is 4.79 Å². The van der Waals surface area contributed by atoms with Crippen molar-refractivity contribution in [3.05, 3.63) is 16.4 Å². The molecule has 3 heterocycles. The molecule has 2 aliphatic heterocycles. The molecule has 0 bridgehead atoms. The SMILES string of the molecule is CCOC(=O)N1CCC(NC(=O)C2CC23CCN(Cc2c(C)nn(C)c2Cl)CC3)CC1. The Kier molecular flexibility index (Phi) is 6.49. The number of nitrogens with one attached hydrogen (secondary N) is 1. The number of aromatic nitrogens is 2. The lowest BCUT2D eigenvalue weighted by atomic mass is 9.90. The van der Waals surface area contributed by atoms with Crippen LogP contribution in [0.3, 0.4) is 0 Å². The molecule has 8 nitrogen and oxygen atoms in total. The Labute approximate surface area is 189 Å². The summed E-state index contributed by atoms with van der Waals surface area (Å²) in [6, 6.07) is 0.159. The van der Waals surface area contributed by atoms with E-state index in [9.17, 15) is 9.59 Å². The van der Waals surface area contributed by atoms with Gasteiger partial charge in [-0.2, -0.15) is 5.10 Å². The van der Waals surface area contributed by atoms with Gasteiger partial charge in [0.25, 0.3) is 0 Å². The smallest absolute Gasteiger partial charge is 0.409 e. The van der Waals surface area contributed by atoms with E-state index in [1.54, 1.807) is 9.58 Å². The first-order valence-corrected chi connectivity index (χ1v) is 11.8. The number of hydrogen-bond acceptors (Lipinski definition) is 5. The van der Waals surface area contributed by atoms with Crippen molar-refractivity contribution in [3.8, 4) is 0 Å². The minimum atomic E-state index is -0.247. The molecule has 0 aromatic carbocycles. The van der Waals surface area contributed by atoms with Crippen molar-refractivity contribution in [2.45, 2.75) is 58.5 Å². The number of carbonyl (C=O) groups excluding carboxylic acids is 2. The van der Waals surface area contributed by atoms with Gasteiger partial charge in [-0.3, -0.25) is 14.4 Å². The number of ether oxygens (including phenoxy) is 1. The Morgan fingerprint density at radius 1 is 1.23 bits per heavy atom. The number of aryl methyl sites for hydroxylation is 2. The second-order valence-electron chi connectivity index (χ2n) is 9.34. The van der Waals surface area contributed by atoms with E-state index in [4.69, 9.17) is 16.3 Å². The molecule has 3 fully saturated rings. The number of likely N-dealkylation sites (tertiary alicyclic amines) is 2. The minimum Gasteiger partial charge on any atom is -0.450 e. The van der Waals surface area contributed by atoms with Crippen LogP contribution in [-0.2, 0) is 23.1 Å². The molecule has 1 aliphatic carbocycles. The number of nitrogens with zero attached hydrogens (tertiary/aromatic N) is 4. The fourth-order valence-electron chi connectivity index (χ4n) is 5.23. The van der Waals surface area contributed by atoms with Gasteiger partial charge in [0.15, 0.2) is 0 Å². The normalized spacial score (nSPS) is 23.7. The van der Waals surface area contributed by atoms with Crippen molar-refractivity contribution in [2.75, 3.05) is 32.8 Å². The molecule has 1 aromatic rings. The largest absolute Gasteiger partial charge is 0.450 e. The highest BCUT2D eigenvalue weighted by Crippen LogP contribution is 2.59. The van der Waals surface area contributed by atoms with Crippen LogP contribution in [0.15, 0.2) is 0 Å². The van der Waals surface area contributed by atoms with Crippen LogP contribution in [0.25, 0.3) is 0 Å². The Bertz CT molecular complexity index is 825. The standard InChI is InChI=1S/C22H34ClN5O3/c1-4-31-21(30)28-9-5-16(6-10-28)24-20(29)18-13-22(18)7-11-27(12-8-22)14-17-15(2)25-26(3)19(17)23/h16,18H,4-14H2,1-3H3,(H,24,29). The van der Waals surface area contributed by atoms with Crippen molar-refractivity contribution in [1.29, 1.82) is 0 Å². The molecule has 1 aromatic heterocycles. The molecule has 1 atom stereocenters. The molecule has 0 radical (unpaired) electrons. The van der Waals surface area contributed by atoms with Crippen molar-refractivity contribution < 1.29 is 14.3 Å². The molecular formula is C22H34ClN5O3. The first kappa shape index (κ1) is 22.4. The average molecular weight is 452 g/mol. The summed E-state index contributed by atoms with van der Waals surface area (Å²) in [4.78, 5) is 28.9. The quantitative estimate of drug-likeness (QED) is 0.744. The number of halogens is 1. The van der Waals surface area contributed by atoms with Gasteiger partial charge in [-0.1, -0.05) is 11.6 Å². The molecule has 3 aliphatic rings. The topological polar surface area (TPSA) is 79.7 Å². The van der Waals surface area contributed by atoms with Gasteiger partial charge in [-0.25, -0.2) is 4.79 Å². The Morgan fingerprint density at radius 2 is 1.90 bits per heavy atom. The van der Waals surface area contributed by atoms with Crippen molar-refractivity contribution in [3.63, 3.8) is 0 Å². The van der Waals surface area contributed by atoms with Gasteiger partial charge < -0.3 is 15.0 Å². The van der Waals surface area contributed by atoms with Crippen LogP contribution in [-0.4, -0.2) is 70.4 Å². The highest BCUT2D eigenvalue weighted by Gasteiger charge is 2.58. The van der Waals surface area contributed by atoms with E-state index in [-0.39, 0.29) is 29.4 Å². The predicted octanol–water partition coefficient (Wildman–Crippen LogP) is 2.72. The summed E-state index contributed by atoms with van der Waals surface area (Å²) < 4.78 is 6.80. The summed E-state index contributed by atoms with van der Waals surface area (Å²) >= 11 is 6.39.